The fourth-order valence-corrected chi connectivity index (χ4v) is 4.71. The maximum atomic E-state index is 12.7. The molecule has 2 aliphatic rings. The molecule has 2 N–H and O–H groups in total. The summed E-state index contributed by atoms with van der Waals surface area (Å²) in [5, 5.41) is 12.4. The summed E-state index contributed by atoms with van der Waals surface area (Å²) in [6, 6.07) is 13.7. The van der Waals surface area contributed by atoms with E-state index >= 15 is 0 Å². The molecule has 0 atom stereocenters. The van der Waals surface area contributed by atoms with Crippen LogP contribution in [0.1, 0.15) is 77.9 Å². The summed E-state index contributed by atoms with van der Waals surface area (Å²) in [5.41, 5.74) is 3.18. The van der Waals surface area contributed by atoms with E-state index in [-0.39, 0.29) is 5.91 Å². The second kappa shape index (κ2) is 9.13. The van der Waals surface area contributed by atoms with Crippen molar-refractivity contribution >= 4 is 11.9 Å². The van der Waals surface area contributed by atoms with Gasteiger partial charge in [0, 0.05) is 17.7 Å². The van der Waals surface area contributed by atoms with Crippen LogP contribution in [-0.4, -0.2) is 24.1 Å². The number of hydrogen-bond donors (Lipinski definition) is 2. The quantitative estimate of drug-likeness (QED) is 0.623. The summed E-state index contributed by atoms with van der Waals surface area (Å²) in [6.45, 7) is 0.334. The number of carboxylic acid groups (broad SMARTS) is 1. The van der Waals surface area contributed by atoms with E-state index in [0.29, 0.717) is 30.2 Å². The second-order valence-corrected chi connectivity index (χ2v) is 9.05. The Bertz CT molecular complexity index is 940. The first-order chi connectivity index (χ1) is 15.0. The summed E-state index contributed by atoms with van der Waals surface area (Å²) >= 11 is 0. The Hall–Kier alpha value is -2.82. The van der Waals surface area contributed by atoms with Crippen molar-refractivity contribution in [1.82, 2.24) is 5.32 Å². The lowest BCUT2D eigenvalue weighted by molar-refractivity contribution is -0.143. The molecule has 2 fully saturated rings. The van der Waals surface area contributed by atoms with Crippen LogP contribution in [0.4, 0.5) is 0 Å². The molecule has 2 aromatic rings. The molecular formula is C26H31NO4. The molecule has 0 aliphatic heterocycles. The van der Waals surface area contributed by atoms with Gasteiger partial charge in [-0.05, 0) is 67.3 Å². The fourth-order valence-electron chi connectivity index (χ4n) is 4.71. The van der Waals surface area contributed by atoms with E-state index in [9.17, 15) is 14.7 Å². The number of methoxy groups -OCH3 is 1. The van der Waals surface area contributed by atoms with Gasteiger partial charge in [-0.1, -0.05) is 43.5 Å². The lowest BCUT2D eigenvalue weighted by Crippen LogP contribution is -2.23. The maximum absolute atomic E-state index is 12.7. The van der Waals surface area contributed by atoms with Gasteiger partial charge in [0.1, 0.15) is 5.75 Å². The first-order valence-corrected chi connectivity index (χ1v) is 11.3. The highest BCUT2D eigenvalue weighted by Gasteiger charge is 2.49. The third-order valence-electron chi connectivity index (χ3n) is 6.88. The molecule has 1 amide bonds. The van der Waals surface area contributed by atoms with Crippen molar-refractivity contribution in [3.8, 4) is 5.75 Å². The number of nitrogens with one attached hydrogen (secondary N) is 1. The zero-order chi connectivity index (χ0) is 21.8. The largest absolute Gasteiger partial charge is 0.496 e. The smallest absolute Gasteiger partial charge is 0.309 e. The van der Waals surface area contributed by atoms with E-state index in [1.807, 2.05) is 30.3 Å². The lowest BCUT2D eigenvalue weighted by atomic mass is 9.84. The fraction of sp³-hybridized carbons (Fsp3) is 0.462. The van der Waals surface area contributed by atoms with E-state index in [1.165, 1.54) is 37.7 Å². The Kier molecular flexibility index (Phi) is 6.30. The van der Waals surface area contributed by atoms with Crippen molar-refractivity contribution in [3.05, 3.63) is 64.7 Å². The van der Waals surface area contributed by atoms with Gasteiger partial charge < -0.3 is 15.2 Å². The predicted octanol–water partition coefficient (Wildman–Crippen LogP) is 5.08. The molecule has 2 aromatic carbocycles. The van der Waals surface area contributed by atoms with Crippen molar-refractivity contribution < 1.29 is 19.4 Å². The number of ether oxygens (including phenoxy) is 1. The topological polar surface area (TPSA) is 75.6 Å². The Morgan fingerprint density at radius 3 is 2.39 bits per heavy atom. The third-order valence-corrected chi connectivity index (χ3v) is 6.88. The molecule has 5 heteroatoms. The molecule has 31 heavy (non-hydrogen) atoms. The minimum atomic E-state index is -0.727. The number of aliphatic carboxylic acids is 1. The van der Waals surface area contributed by atoms with E-state index in [2.05, 4.69) is 17.4 Å². The summed E-state index contributed by atoms with van der Waals surface area (Å²) in [4.78, 5) is 24.2. The molecule has 0 heterocycles. The first-order valence-electron chi connectivity index (χ1n) is 11.3. The Morgan fingerprint density at radius 2 is 1.77 bits per heavy atom. The predicted molar refractivity (Wildman–Crippen MR) is 119 cm³/mol. The van der Waals surface area contributed by atoms with Gasteiger partial charge in [-0.15, -0.1) is 0 Å². The summed E-state index contributed by atoms with van der Waals surface area (Å²) in [5.74, 6) is 0.469. The van der Waals surface area contributed by atoms with E-state index < -0.39 is 11.4 Å². The highest BCUT2D eigenvalue weighted by atomic mass is 16.5. The number of hydrogen-bond acceptors (Lipinski definition) is 3. The maximum Gasteiger partial charge on any atom is 0.309 e. The molecule has 0 unspecified atom stereocenters. The summed E-state index contributed by atoms with van der Waals surface area (Å²) < 4.78 is 5.45. The molecule has 2 saturated carbocycles. The SMILES string of the molecule is COc1ccc(CC2(C(=O)O)CC2)cc1CNC(=O)c1ccc(C2CCCCC2)cc1. The molecular weight excluding hydrogens is 390 g/mol. The third kappa shape index (κ3) is 4.92. The van der Waals surface area contributed by atoms with Crippen LogP contribution in [0.2, 0.25) is 0 Å². The molecule has 164 valence electrons. The van der Waals surface area contributed by atoms with Gasteiger partial charge >= 0.3 is 5.97 Å². The van der Waals surface area contributed by atoms with Crippen molar-refractivity contribution in [3.63, 3.8) is 0 Å². The van der Waals surface area contributed by atoms with Gasteiger partial charge in [0.2, 0.25) is 0 Å². The Labute approximate surface area is 183 Å². The van der Waals surface area contributed by atoms with Gasteiger partial charge in [-0.25, -0.2) is 0 Å². The summed E-state index contributed by atoms with van der Waals surface area (Å²) in [6.07, 6.45) is 8.35. The van der Waals surface area contributed by atoms with E-state index in [1.54, 1.807) is 7.11 Å². The van der Waals surface area contributed by atoms with Crippen LogP contribution in [-0.2, 0) is 17.8 Å². The van der Waals surface area contributed by atoms with E-state index in [4.69, 9.17) is 4.74 Å². The van der Waals surface area contributed by atoms with Gasteiger partial charge in [0.05, 0.1) is 12.5 Å². The zero-order valence-electron chi connectivity index (χ0n) is 18.2. The van der Waals surface area contributed by atoms with Crippen LogP contribution in [0.3, 0.4) is 0 Å². The summed E-state index contributed by atoms with van der Waals surface area (Å²) in [7, 11) is 1.60. The van der Waals surface area contributed by atoms with Crippen LogP contribution >= 0.6 is 0 Å². The Morgan fingerprint density at radius 1 is 1.06 bits per heavy atom. The van der Waals surface area contributed by atoms with Crippen LogP contribution in [0, 0.1) is 5.41 Å². The zero-order valence-corrected chi connectivity index (χ0v) is 18.2. The lowest BCUT2D eigenvalue weighted by Gasteiger charge is -2.22. The number of amides is 1. The highest BCUT2D eigenvalue weighted by Crippen LogP contribution is 2.48. The van der Waals surface area contributed by atoms with Gasteiger partial charge in [-0.3, -0.25) is 9.59 Å². The van der Waals surface area contributed by atoms with Crippen LogP contribution in [0.25, 0.3) is 0 Å². The van der Waals surface area contributed by atoms with Crippen LogP contribution in [0.5, 0.6) is 5.75 Å². The number of carbonyl (C=O) groups excluding carboxylic acids is 1. The number of rotatable bonds is 8. The molecule has 0 saturated heterocycles. The van der Waals surface area contributed by atoms with Crippen molar-refractivity contribution in [1.29, 1.82) is 0 Å². The second-order valence-electron chi connectivity index (χ2n) is 9.05. The van der Waals surface area contributed by atoms with Crippen LogP contribution in [0.15, 0.2) is 42.5 Å². The van der Waals surface area contributed by atoms with Crippen molar-refractivity contribution in [2.45, 2.75) is 63.8 Å². The minimum Gasteiger partial charge on any atom is -0.496 e. The Balaban J connectivity index is 1.40. The highest BCUT2D eigenvalue weighted by molar-refractivity contribution is 5.94. The molecule has 2 aliphatic carbocycles. The standard InChI is InChI=1S/C26H31NO4/c1-31-23-12-7-18(16-26(13-14-26)25(29)30)15-22(23)17-27-24(28)21-10-8-20(9-11-21)19-5-3-2-4-6-19/h7-12,15,19H,2-6,13-14,16-17H2,1H3,(H,27,28)(H,29,30). The van der Waals surface area contributed by atoms with Crippen LogP contribution < -0.4 is 10.1 Å². The molecule has 4 rings (SSSR count). The normalized spacial score (nSPS) is 17.7. The monoisotopic (exact) mass is 421 g/mol. The molecule has 0 aromatic heterocycles. The van der Waals surface area contributed by atoms with E-state index in [0.717, 1.165) is 24.0 Å². The average Bonchev–Trinajstić information content (AvgIpc) is 3.59. The minimum absolute atomic E-state index is 0.119. The number of carbonyl (C=O) groups is 2. The van der Waals surface area contributed by atoms with Gasteiger partial charge in [0.15, 0.2) is 0 Å². The number of carboxylic acids is 1. The molecule has 0 radical (unpaired) electrons. The molecule has 5 nitrogen and oxygen atoms in total. The first kappa shape index (κ1) is 21.4. The number of benzene rings is 2. The van der Waals surface area contributed by atoms with Gasteiger partial charge in [0.25, 0.3) is 5.91 Å². The van der Waals surface area contributed by atoms with Crippen molar-refractivity contribution in [2.24, 2.45) is 5.41 Å². The molecule has 0 bridgehead atoms. The van der Waals surface area contributed by atoms with Crippen molar-refractivity contribution in [2.75, 3.05) is 7.11 Å². The average molecular weight is 422 g/mol. The van der Waals surface area contributed by atoms with Gasteiger partial charge in [-0.2, -0.15) is 0 Å². The molecule has 0 spiro atoms.